The maximum atomic E-state index is 11.9. The lowest BCUT2D eigenvalue weighted by Gasteiger charge is -2.04. The van der Waals surface area contributed by atoms with Crippen molar-refractivity contribution in [3.8, 4) is 0 Å². The van der Waals surface area contributed by atoms with Gasteiger partial charge in [-0.25, -0.2) is 0 Å². The first-order chi connectivity index (χ1) is 11.7. The summed E-state index contributed by atoms with van der Waals surface area (Å²) in [6.07, 6.45) is 5.27. The van der Waals surface area contributed by atoms with Crippen LogP contribution in [0, 0.1) is 0 Å². The molecule has 24 heavy (non-hydrogen) atoms. The summed E-state index contributed by atoms with van der Waals surface area (Å²) in [5.41, 5.74) is 7.97. The number of allylic oxidation sites excluding steroid dienone is 2. The number of para-hydroxylation sites is 1. The van der Waals surface area contributed by atoms with Crippen molar-refractivity contribution in [1.82, 2.24) is 5.32 Å². The van der Waals surface area contributed by atoms with Gasteiger partial charge in [-0.2, -0.15) is 0 Å². The second kappa shape index (κ2) is 9.30. The molecule has 2 aromatic rings. The van der Waals surface area contributed by atoms with E-state index in [1.807, 2.05) is 42.5 Å². The zero-order valence-corrected chi connectivity index (χ0v) is 13.6. The highest BCUT2D eigenvalue weighted by Gasteiger charge is 2.03. The molecule has 0 aromatic heterocycles. The summed E-state index contributed by atoms with van der Waals surface area (Å²) in [6, 6.07) is 16.5. The SMILES string of the molecule is Nc1ccccc1CC(=O)/C=C/CCCNC(=O)c1ccccc1. The maximum Gasteiger partial charge on any atom is 0.251 e. The number of hydrogen-bond donors (Lipinski definition) is 2. The summed E-state index contributed by atoms with van der Waals surface area (Å²) in [5, 5.41) is 2.86. The standard InChI is InChI=1S/C20H22N2O2/c21-19-13-7-6-11-17(19)15-18(23)12-5-2-8-14-22-20(24)16-9-3-1-4-10-16/h1,3-7,9-13H,2,8,14-15,21H2,(H,22,24)/b12-5+. The second-order valence-corrected chi connectivity index (χ2v) is 5.51. The minimum absolute atomic E-state index is 0.0289. The summed E-state index contributed by atoms with van der Waals surface area (Å²) in [6.45, 7) is 0.581. The van der Waals surface area contributed by atoms with Gasteiger partial charge in [0.1, 0.15) is 0 Å². The molecule has 3 N–H and O–H groups in total. The Morgan fingerprint density at radius 3 is 2.46 bits per heavy atom. The predicted molar refractivity (Wildman–Crippen MR) is 96.7 cm³/mol. The third-order valence-corrected chi connectivity index (χ3v) is 3.59. The molecule has 0 heterocycles. The normalized spacial score (nSPS) is 10.7. The molecule has 0 aliphatic heterocycles. The van der Waals surface area contributed by atoms with Crippen LogP contribution < -0.4 is 11.1 Å². The summed E-state index contributed by atoms with van der Waals surface area (Å²) in [4.78, 5) is 23.7. The molecule has 2 aromatic carbocycles. The first-order valence-corrected chi connectivity index (χ1v) is 8.03. The van der Waals surface area contributed by atoms with Gasteiger partial charge in [-0.3, -0.25) is 9.59 Å². The topological polar surface area (TPSA) is 72.2 Å². The number of hydrogen-bond acceptors (Lipinski definition) is 3. The van der Waals surface area contributed by atoms with Crippen LogP contribution >= 0.6 is 0 Å². The average Bonchev–Trinajstić information content (AvgIpc) is 2.60. The first-order valence-electron chi connectivity index (χ1n) is 8.03. The van der Waals surface area contributed by atoms with Crippen LogP contribution in [0.5, 0.6) is 0 Å². The molecule has 0 fully saturated rings. The molecule has 0 aliphatic rings. The number of nitrogens with two attached hydrogens (primary N) is 1. The van der Waals surface area contributed by atoms with E-state index in [9.17, 15) is 9.59 Å². The van der Waals surface area contributed by atoms with E-state index in [0.29, 0.717) is 24.2 Å². The first kappa shape index (κ1) is 17.5. The minimum Gasteiger partial charge on any atom is -0.398 e. The Hall–Kier alpha value is -2.88. The van der Waals surface area contributed by atoms with Crippen LogP contribution in [-0.2, 0) is 11.2 Å². The largest absolute Gasteiger partial charge is 0.398 e. The fourth-order valence-electron chi connectivity index (χ4n) is 2.27. The van der Waals surface area contributed by atoms with Crippen molar-refractivity contribution in [2.75, 3.05) is 12.3 Å². The van der Waals surface area contributed by atoms with Crippen LogP contribution in [0.2, 0.25) is 0 Å². The summed E-state index contributed by atoms with van der Waals surface area (Å²) >= 11 is 0. The molecule has 0 saturated heterocycles. The molecule has 0 saturated carbocycles. The number of carbonyl (C=O) groups is 2. The maximum absolute atomic E-state index is 11.9. The van der Waals surface area contributed by atoms with Crippen LogP contribution in [0.1, 0.15) is 28.8 Å². The number of ketones is 1. The Kier molecular flexibility index (Phi) is 6.77. The smallest absolute Gasteiger partial charge is 0.251 e. The molecule has 124 valence electrons. The zero-order chi connectivity index (χ0) is 17.2. The van der Waals surface area contributed by atoms with Gasteiger partial charge in [-0.1, -0.05) is 42.5 Å². The Labute approximate surface area is 142 Å². The Morgan fingerprint density at radius 1 is 1.00 bits per heavy atom. The van der Waals surface area contributed by atoms with E-state index in [4.69, 9.17) is 5.73 Å². The molecule has 4 nitrogen and oxygen atoms in total. The van der Waals surface area contributed by atoms with Gasteiger partial charge < -0.3 is 11.1 Å². The van der Waals surface area contributed by atoms with Gasteiger partial charge in [0.15, 0.2) is 5.78 Å². The molecule has 2 rings (SSSR count). The highest BCUT2D eigenvalue weighted by atomic mass is 16.1. The molecule has 0 spiro atoms. The van der Waals surface area contributed by atoms with Crippen molar-refractivity contribution in [3.63, 3.8) is 0 Å². The van der Waals surface area contributed by atoms with Gasteiger partial charge in [0.25, 0.3) is 5.91 Å². The van der Waals surface area contributed by atoms with Gasteiger partial charge in [-0.15, -0.1) is 0 Å². The lowest BCUT2D eigenvalue weighted by molar-refractivity contribution is -0.114. The third-order valence-electron chi connectivity index (χ3n) is 3.59. The van der Waals surface area contributed by atoms with Gasteiger partial charge >= 0.3 is 0 Å². The van der Waals surface area contributed by atoms with Gasteiger partial charge in [-0.05, 0) is 42.7 Å². The van der Waals surface area contributed by atoms with Crippen molar-refractivity contribution in [2.24, 2.45) is 0 Å². The lowest BCUT2D eigenvalue weighted by Crippen LogP contribution is -2.24. The van der Waals surface area contributed by atoms with Crippen molar-refractivity contribution in [2.45, 2.75) is 19.3 Å². The molecule has 0 radical (unpaired) electrons. The molecular formula is C20H22N2O2. The van der Waals surface area contributed by atoms with Crippen molar-refractivity contribution in [1.29, 1.82) is 0 Å². The summed E-state index contributed by atoms with van der Waals surface area (Å²) in [5.74, 6) is -0.0450. The quantitative estimate of drug-likeness (QED) is 0.445. The zero-order valence-electron chi connectivity index (χ0n) is 13.6. The van der Waals surface area contributed by atoms with E-state index in [1.165, 1.54) is 0 Å². The number of unbranched alkanes of at least 4 members (excludes halogenated alkanes) is 1. The van der Waals surface area contributed by atoms with Crippen LogP contribution in [0.4, 0.5) is 5.69 Å². The van der Waals surface area contributed by atoms with Gasteiger partial charge in [0.2, 0.25) is 0 Å². The van der Waals surface area contributed by atoms with Crippen molar-refractivity contribution in [3.05, 3.63) is 77.9 Å². The Balaban J connectivity index is 1.65. The molecule has 0 aliphatic carbocycles. The van der Waals surface area contributed by atoms with Crippen molar-refractivity contribution >= 4 is 17.4 Å². The molecule has 0 atom stereocenters. The van der Waals surface area contributed by atoms with E-state index >= 15 is 0 Å². The number of carbonyl (C=O) groups excluding carboxylic acids is 2. The molecular weight excluding hydrogens is 300 g/mol. The number of anilines is 1. The highest BCUT2D eigenvalue weighted by molar-refractivity contribution is 5.94. The Morgan fingerprint density at radius 2 is 1.71 bits per heavy atom. The predicted octanol–water partition coefficient (Wildman–Crippen LogP) is 3.15. The third kappa shape index (κ3) is 5.72. The summed E-state index contributed by atoms with van der Waals surface area (Å²) in [7, 11) is 0. The van der Waals surface area contributed by atoms with E-state index in [1.54, 1.807) is 24.3 Å². The number of benzene rings is 2. The van der Waals surface area contributed by atoms with E-state index in [2.05, 4.69) is 5.32 Å². The molecule has 4 heteroatoms. The second-order valence-electron chi connectivity index (χ2n) is 5.51. The molecule has 1 amide bonds. The number of nitrogens with one attached hydrogen (secondary N) is 1. The van der Waals surface area contributed by atoms with E-state index in [0.717, 1.165) is 18.4 Å². The van der Waals surface area contributed by atoms with Gasteiger partial charge in [0, 0.05) is 24.2 Å². The minimum atomic E-state index is -0.0739. The van der Waals surface area contributed by atoms with Crippen LogP contribution in [0.3, 0.4) is 0 Å². The molecule has 0 bridgehead atoms. The van der Waals surface area contributed by atoms with Crippen LogP contribution in [0.15, 0.2) is 66.7 Å². The average molecular weight is 322 g/mol. The number of rotatable bonds is 8. The fourth-order valence-corrected chi connectivity index (χ4v) is 2.27. The monoisotopic (exact) mass is 322 g/mol. The Bertz CT molecular complexity index is 709. The highest BCUT2D eigenvalue weighted by Crippen LogP contribution is 2.11. The lowest BCUT2D eigenvalue weighted by atomic mass is 10.1. The van der Waals surface area contributed by atoms with Crippen molar-refractivity contribution < 1.29 is 9.59 Å². The van der Waals surface area contributed by atoms with Gasteiger partial charge in [0.05, 0.1) is 0 Å². The van der Waals surface area contributed by atoms with E-state index < -0.39 is 0 Å². The number of amides is 1. The van der Waals surface area contributed by atoms with Crippen LogP contribution in [0.25, 0.3) is 0 Å². The van der Waals surface area contributed by atoms with Crippen LogP contribution in [-0.4, -0.2) is 18.2 Å². The molecule has 0 unspecified atom stereocenters. The summed E-state index contributed by atoms with van der Waals surface area (Å²) < 4.78 is 0. The van der Waals surface area contributed by atoms with E-state index in [-0.39, 0.29) is 11.7 Å². The fraction of sp³-hybridized carbons (Fsp3) is 0.200. The number of nitrogen functional groups attached to an aromatic ring is 1.